The Kier molecular flexibility index (Phi) is 6.14. The Hall–Kier alpha value is -2.58. The van der Waals surface area contributed by atoms with Gasteiger partial charge in [0.1, 0.15) is 0 Å². The van der Waals surface area contributed by atoms with Gasteiger partial charge in [-0.1, -0.05) is 22.2 Å². The summed E-state index contributed by atoms with van der Waals surface area (Å²) in [6, 6.07) is 8.70. The number of thiophene rings is 1. The van der Waals surface area contributed by atoms with Crippen molar-refractivity contribution in [1.82, 2.24) is 14.9 Å². The van der Waals surface area contributed by atoms with Gasteiger partial charge < -0.3 is 5.32 Å². The molecule has 0 saturated carbocycles. The Morgan fingerprint density at radius 1 is 1.10 bits per heavy atom. The summed E-state index contributed by atoms with van der Waals surface area (Å²) >= 11 is 2.57. The lowest BCUT2D eigenvalue weighted by molar-refractivity contribution is -0.123. The molecule has 6 nitrogen and oxygen atoms in total. The number of carbonyl (C=O) groups excluding carboxylic acids is 2. The molecule has 3 rings (SSSR count). The number of hydrogen-bond acceptors (Lipinski definition) is 6. The maximum Gasteiger partial charge on any atom is 0.280 e. The van der Waals surface area contributed by atoms with Crippen molar-refractivity contribution < 1.29 is 9.59 Å². The molecular weight excluding hydrogens is 404 g/mol. The summed E-state index contributed by atoms with van der Waals surface area (Å²) in [6.07, 6.45) is 0. The molecule has 0 aliphatic carbocycles. The minimum absolute atomic E-state index is 0.221. The minimum atomic E-state index is -0.814. The second-order valence-electron chi connectivity index (χ2n) is 7.91. The molecule has 0 fully saturated rings. The van der Waals surface area contributed by atoms with Crippen molar-refractivity contribution in [3.63, 3.8) is 0 Å². The molecule has 0 aliphatic heterocycles. The summed E-state index contributed by atoms with van der Waals surface area (Å²) in [6.45, 7) is 9.70. The first kappa shape index (κ1) is 21.1. The van der Waals surface area contributed by atoms with E-state index >= 15 is 0 Å². The normalized spacial score (nSPS) is 12.4. The standard InChI is InChI=1S/C21H24N4O2S2/c1-13-6-8-15(9-7-13)25(20(27)16-12-29-24-23-16)17(18-14(2)10-11-28-18)19(26)22-21(3,4)5/h6-12,17H,1-5H3,(H,22,26)/t17-/m1/s1. The molecule has 0 unspecified atom stereocenters. The molecule has 8 heteroatoms. The minimum Gasteiger partial charge on any atom is -0.349 e. The predicted molar refractivity (Wildman–Crippen MR) is 118 cm³/mol. The first-order chi connectivity index (χ1) is 13.7. The summed E-state index contributed by atoms with van der Waals surface area (Å²) in [5, 5.41) is 10.5. The van der Waals surface area contributed by atoms with Crippen LogP contribution in [0.4, 0.5) is 5.69 Å². The SMILES string of the molecule is Cc1ccc(N(C(=O)c2csnn2)[C@@H](C(=O)NC(C)(C)C)c2sccc2C)cc1. The largest absolute Gasteiger partial charge is 0.349 e. The van der Waals surface area contributed by atoms with Gasteiger partial charge in [0, 0.05) is 21.5 Å². The molecule has 2 aromatic heterocycles. The maximum atomic E-state index is 13.5. The highest BCUT2D eigenvalue weighted by Gasteiger charge is 2.37. The summed E-state index contributed by atoms with van der Waals surface area (Å²) in [5.41, 5.74) is 2.45. The van der Waals surface area contributed by atoms with Gasteiger partial charge in [-0.3, -0.25) is 14.5 Å². The van der Waals surface area contributed by atoms with E-state index in [0.717, 1.165) is 27.5 Å². The smallest absolute Gasteiger partial charge is 0.280 e. The average Bonchev–Trinajstić information content (AvgIpc) is 3.30. The topological polar surface area (TPSA) is 75.2 Å². The summed E-state index contributed by atoms with van der Waals surface area (Å²) < 4.78 is 3.82. The lowest BCUT2D eigenvalue weighted by Gasteiger charge is -2.33. The van der Waals surface area contributed by atoms with Crippen molar-refractivity contribution in [2.45, 2.75) is 46.2 Å². The van der Waals surface area contributed by atoms with E-state index in [9.17, 15) is 9.59 Å². The molecular formula is C21H24N4O2S2. The van der Waals surface area contributed by atoms with E-state index in [4.69, 9.17) is 0 Å². The van der Waals surface area contributed by atoms with E-state index in [2.05, 4.69) is 14.9 Å². The van der Waals surface area contributed by atoms with Crippen LogP contribution in [0.5, 0.6) is 0 Å². The van der Waals surface area contributed by atoms with E-state index in [0.29, 0.717) is 5.69 Å². The number of aromatic nitrogens is 2. The summed E-state index contributed by atoms with van der Waals surface area (Å²) in [4.78, 5) is 29.2. The van der Waals surface area contributed by atoms with Gasteiger partial charge in [0.2, 0.25) is 5.91 Å². The molecule has 2 amide bonds. The molecule has 0 bridgehead atoms. The molecule has 0 saturated heterocycles. The lowest BCUT2D eigenvalue weighted by Crippen LogP contribution is -2.49. The van der Waals surface area contributed by atoms with Crippen molar-refractivity contribution >= 4 is 40.4 Å². The van der Waals surface area contributed by atoms with Crippen LogP contribution in [0, 0.1) is 13.8 Å². The highest BCUT2D eigenvalue weighted by molar-refractivity contribution is 7.10. The van der Waals surface area contributed by atoms with E-state index in [1.165, 1.54) is 16.2 Å². The van der Waals surface area contributed by atoms with Gasteiger partial charge in [-0.05, 0) is 75.3 Å². The van der Waals surface area contributed by atoms with Gasteiger partial charge in [-0.15, -0.1) is 16.4 Å². The molecule has 0 radical (unpaired) electrons. The van der Waals surface area contributed by atoms with Crippen LogP contribution in [-0.2, 0) is 4.79 Å². The third-order valence-corrected chi connectivity index (χ3v) is 5.84. The predicted octanol–water partition coefficient (Wildman–Crippen LogP) is 4.52. The fourth-order valence-corrected chi connectivity index (χ4v) is 4.37. The van der Waals surface area contributed by atoms with Crippen LogP contribution in [0.3, 0.4) is 0 Å². The van der Waals surface area contributed by atoms with Crippen LogP contribution in [0.1, 0.15) is 53.3 Å². The molecule has 0 aliphatic rings. The number of amides is 2. The fourth-order valence-electron chi connectivity index (χ4n) is 2.93. The van der Waals surface area contributed by atoms with Crippen molar-refractivity contribution in [1.29, 1.82) is 0 Å². The van der Waals surface area contributed by atoms with E-state index in [1.807, 2.05) is 70.3 Å². The Labute approximate surface area is 178 Å². The van der Waals surface area contributed by atoms with E-state index < -0.39 is 11.6 Å². The third kappa shape index (κ3) is 4.89. The van der Waals surface area contributed by atoms with Gasteiger partial charge in [0.15, 0.2) is 11.7 Å². The Morgan fingerprint density at radius 2 is 1.79 bits per heavy atom. The van der Waals surface area contributed by atoms with Gasteiger partial charge >= 0.3 is 0 Å². The summed E-state index contributed by atoms with van der Waals surface area (Å²) in [7, 11) is 0. The molecule has 2 heterocycles. The number of carbonyl (C=O) groups is 2. The molecule has 152 valence electrons. The Balaban J connectivity index is 2.16. The first-order valence-electron chi connectivity index (χ1n) is 9.20. The first-order valence-corrected chi connectivity index (χ1v) is 10.9. The summed E-state index contributed by atoms with van der Waals surface area (Å²) in [5.74, 6) is -0.593. The van der Waals surface area contributed by atoms with Crippen LogP contribution in [-0.4, -0.2) is 26.9 Å². The van der Waals surface area contributed by atoms with Crippen molar-refractivity contribution in [2.24, 2.45) is 0 Å². The van der Waals surface area contributed by atoms with Crippen molar-refractivity contribution in [2.75, 3.05) is 4.90 Å². The number of aryl methyl sites for hydroxylation is 2. The number of nitrogens with zero attached hydrogens (tertiary/aromatic N) is 3. The highest BCUT2D eigenvalue weighted by atomic mass is 32.1. The highest BCUT2D eigenvalue weighted by Crippen LogP contribution is 2.34. The Bertz CT molecular complexity index is 989. The second kappa shape index (κ2) is 8.42. The number of anilines is 1. The molecule has 1 N–H and O–H groups in total. The van der Waals surface area contributed by atoms with E-state index in [1.54, 1.807) is 5.38 Å². The van der Waals surface area contributed by atoms with Crippen LogP contribution in [0.15, 0.2) is 41.1 Å². The lowest BCUT2D eigenvalue weighted by atomic mass is 10.0. The number of rotatable bonds is 5. The molecule has 1 aromatic carbocycles. The second-order valence-corrected chi connectivity index (χ2v) is 9.47. The number of hydrogen-bond donors (Lipinski definition) is 1. The van der Waals surface area contributed by atoms with Crippen molar-refractivity contribution in [3.8, 4) is 0 Å². The van der Waals surface area contributed by atoms with Crippen LogP contribution < -0.4 is 10.2 Å². The number of nitrogens with one attached hydrogen (secondary N) is 1. The van der Waals surface area contributed by atoms with Gasteiger partial charge in [-0.2, -0.15) is 0 Å². The van der Waals surface area contributed by atoms with Crippen LogP contribution in [0.25, 0.3) is 0 Å². The van der Waals surface area contributed by atoms with Gasteiger partial charge in [0.25, 0.3) is 5.91 Å². The zero-order chi connectivity index (χ0) is 21.2. The maximum absolute atomic E-state index is 13.5. The third-order valence-electron chi connectivity index (χ3n) is 4.26. The fraction of sp³-hybridized carbons (Fsp3) is 0.333. The van der Waals surface area contributed by atoms with Crippen molar-refractivity contribution in [3.05, 3.63) is 62.8 Å². The molecule has 0 spiro atoms. The van der Waals surface area contributed by atoms with Gasteiger partial charge in [0.05, 0.1) is 0 Å². The number of benzene rings is 1. The van der Waals surface area contributed by atoms with E-state index in [-0.39, 0.29) is 17.5 Å². The molecule has 29 heavy (non-hydrogen) atoms. The zero-order valence-corrected chi connectivity index (χ0v) is 18.7. The Morgan fingerprint density at radius 3 is 2.31 bits per heavy atom. The monoisotopic (exact) mass is 428 g/mol. The quantitative estimate of drug-likeness (QED) is 0.648. The zero-order valence-electron chi connectivity index (χ0n) is 17.1. The van der Waals surface area contributed by atoms with Crippen LogP contribution >= 0.6 is 22.9 Å². The van der Waals surface area contributed by atoms with Crippen LogP contribution in [0.2, 0.25) is 0 Å². The molecule has 3 aromatic rings. The van der Waals surface area contributed by atoms with Gasteiger partial charge in [-0.25, -0.2) is 0 Å². The average molecular weight is 429 g/mol. The molecule has 1 atom stereocenters.